The lowest BCUT2D eigenvalue weighted by molar-refractivity contribution is -0.114. The molecule has 0 atom stereocenters. The minimum atomic E-state index is -3.57. The number of nitrogens with zero attached hydrogens (tertiary/aromatic N) is 2. The number of amides is 2. The van der Waals surface area contributed by atoms with E-state index in [0.29, 0.717) is 38.5 Å². The molecule has 2 amide bonds. The Balaban J connectivity index is 1.62. The largest absolute Gasteiger partial charge is 0.492 e. The van der Waals surface area contributed by atoms with E-state index in [1.165, 1.54) is 19.1 Å². The normalized spacial score (nSPS) is 14.6. The topological polar surface area (TPSA) is 108 Å². The number of nitrogens with one attached hydrogen (secondary N) is 2. The van der Waals surface area contributed by atoms with Gasteiger partial charge in [-0.05, 0) is 30.3 Å². The number of carbonyl (C=O) groups is 2. The van der Waals surface area contributed by atoms with Crippen LogP contribution in [0.5, 0.6) is 5.75 Å². The molecule has 1 heterocycles. The first-order chi connectivity index (χ1) is 15.2. The average molecular weight is 461 g/mol. The molecule has 172 valence electrons. The first-order valence-corrected chi connectivity index (χ1v) is 12.2. The summed E-state index contributed by atoms with van der Waals surface area (Å²) in [7, 11) is -3.57. The highest BCUT2D eigenvalue weighted by Crippen LogP contribution is 2.24. The molecule has 3 rings (SSSR count). The van der Waals surface area contributed by atoms with E-state index >= 15 is 0 Å². The third kappa shape index (κ3) is 6.96. The number of hydrogen-bond donors (Lipinski definition) is 2. The first-order valence-electron chi connectivity index (χ1n) is 10.3. The highest BCUT2D eigenvalue weighted by atomic mass is 32.2. The number of anilines is 2. The molecule has 0 spiro atoms. The van der Waals surface area contributed by atoms with Crippen LogP contribution in [-0.2, 0) is 14.8 Å². The molecule has 0 aliphatic carbocycles. The highest BCUT2D eigenvalue weighted by molar-refractivity contribution is 7.92. The van der Waals surface area contributed by atoms with E-state index in [4.69, 9.17) is 4.74 Å². The minimum Gasteiger partial charge on any atom is -0.492 e. The molecule has 1 aliphatic rings. The van der Waals surface area contributed by atoms with Crippen LogP contribution < -0.4 is 14.8 Å². The Morgan fingerprint density at radius 1 is 1.03 bits per heavy atom. The van der Waals surface area contributed by atoms with Gasteiger partial charge < -0.3 is 15.0 Å². The van der Waals surface area contributed by atoms with Gasteiger partial charge in [0, 0.05) is 45.3 Å². The Morgan fingerprint density at radius 2 is 1.72 bits per heavy atom. The van der Waals surface area contributed by atoms with Gasteiger partial charge in [-0.2, -0.15) is 0 Å². The fourth-order valence-corrected chi connectivity index (χ4v) is 4.02. The van der Waals surface area contributed by atoms with Crippen LogP contribution in [0.1, 0.15) is 17.3 Å². The SMILES string of the molecule is CC(=O)Nc1ccc(NS(C)(=O)=O)c(C(=O)N2CCN(CCOc3ccccc3)CC2)c1. The number of sulfonamides is 1. The van der Waals surface area contributed by atoms with Gasteiger partial charge in [-0.1, -0.05) is 18.2 Å². The molecule has 2 aromatic rings. The molecular formula is C22H28N4O5S. The zero-order chi connectivity index (χ0) is 23.1. The van der Waals surface area contributed by atoms with E-state index in [1.54, 1.807) is 11.0 Å². The third-order valence-electron chi connectivity index (χ3n) is 4.94. The lowest BCUT2D eigenvalue weighted by Gasteiger charge is -2.35. The van der Waals surface area contributed by atoms with E-state index in [-0.39, 0.29) is 23.1 Å². The van der Waals surface area contributed by atoms with E-state index < -0.39 is 10.0 Å². The Bertz CT molecular complexity index is 1050. The van der Waals surface area contributed by atoms with Crippen LogP contribution in [0.4, 0.5) is 11.4 Å². The van der Waals surface area contributed by atoms with Crippen LogP contribution in [0, 0.1) is 0 Å². The second-order valence-electron chi connectivity index (χ2n) is 7.61. The molecule has 1 fully saturated rings. The van der Waals surface area contributed by atoms with Crippen molar-refractivity contribution in [3.63, 3.8) is 0 Å². The van der Waals surface area contributed by atoms with Crippen molar-refractivity contribution in [3.8, 4) is 5.75 Å². The number of piperazine rings is 1. The summed E-state index contributed by atoms with van der Waals surface area (Å²) in [6.45, 7) is 5.05. The molecule has 0 unspecified atom stereocenters. The minimum absolute atomic E-state index is 0.185. The number of ether oxygens (including phenoxy) is 1. The second-order valence-corrected chi connectivity index (χ2v) is 9.36. The molecule has 10 heteroatoms. The van der Waals surface area contributed by atoms with Gasteiger partial charge in [0.2, 0.25) is 15.9 Å². The predicted molar refractivity (Wildman–Crippen MR) is 123 cm³/mol. The van der Waals surface area contributed by atoms with Crippen molar-refractivity contribution in [1.82, 2.24) is 9.80 Å². The fourth-order valence-electron chi connectivity index (χ4n) is 3.45. The van der Waals surface area contributed by atoms with E-state index in [2.05, 4.69) is 14.9 Å². The van der Waals surface area contributed by atoms with Crippen molar-refractivity contribution in [3.05, 3.63) is 54.1 Å². The van der Waals surface area contributed by atoms with Crippen LogP contribution in [0.25, 0.3) is 0 Å². The maximum absolute atomic E-state index is 13.2. The zero-order valence-electron chi connectivity index (χ0n) is 18.2. The molecule has 1 saturated heterocycles. The summed E-state index contributed by atoms with van der Waals surface area (Å²) in [5, 5.41) is 2.63. The molecule has 0 radical (unpaired) electrons. The second kappa shape index (κ2) is 10.5. The maximum Gasteiger partial charge on any atom is 0.256 e. The predicted octanol–water partition coefficient (Wildman–Crippen LogP) is 1.85. The fraction of sp³-hybridized carbons (Fsp3) is 0.364. The number of para-hydroxylation sites is 1. The van der Waals surface area contributed by atoms with Crippen molar-refractivity contribution in [2.45, 2.75) is 6.92 Å². The van der Waals surface area contributed by atoms with Crippen LogP contribution in [0.15, 0.2) is 48.5 Å². The molecule has 9 nitrogen and oxygen atoms in total. The summed E-state index contributed by atoms with van der Waals surface area (Å²) in [5.74, 6) is 0.258. The molecule has 2 aromatic carbocycles. The Kier molecular flexibility index (Phi) is 7.70. The molecule has 32 heavy (non-hydrogen) atoms. The van der Waals surface area contributed by atoms with E-state index in [1.807, 2.05) is 30.3 Å². The maximum atomic E-state index is 13.2. The zero-order valence-corrected chi connectivity index (χ0v) is 19.0. The van der Waals surface area contributed by atoms with Crippen LogP contribution in [0.3, 0.4) is 0 Å². The van der Waals surface area contributed by atoms with Crippen molar-refractivity contribution in [2.24, 2.45) is 0 Å². The van der Waals surface area contributed by atoms with Crippen LogP contribution in [0.2, 0.25) is 0 Å². The van der Waals surface area contributed by atoms with Crippen molar-refractivity contribution < 1.29 is 22.7 Å². The Labute approximate surface area is 188 Å². The van der Waals surface area contributed by atoms with E-state index in [0.717, 1.165) is 18.6 Å². The molecule has 1 aliphatic heterocycles. The van der Waals surface area contributed by atoms with Crippen molar-refractivity contribution in [2.75, 3.05) is 55.6 Å². The van der Waals surface area contributed by atoms with Crippen molar-refractivity contribution >= 4 is 33.2 Å². The van der Waals surface area contributed by atoms with Gasteiger partial charge in [0.15, 0.2) is 0 Å². The number of rotatable bonds is 8. The molecular weight excluding hydrogens is 432 g/mol. The molecule has 0 saturated carbocycles. The smallest absolute Gasteiger partial charge is 0.256 e. The summed E-state index contributed by atoms with van der Waals surface area (Å²) in [4.78, 5) is 28.5. The van der Waals surface area contributed by atoms with E-state index in [9.17, 15) is 18.0 Å². The monoisotopic (exact) mass is 460 g/mol. The molecule has 2 N–H and O–H groups in total. The van der Waals surface area contributed by atoms with Gasteiger partial charge in [-0.25, -0.2) is 8.42 Å². The first kappa shape index (κ1) is 23.6. The van der Waals surface area contributed by atoms with Gasteiger partial charge in [-0.3, -0.25) is 19.2 Å². The standard InChI is InChI=1S/C22H28N4O5S/c1-17(27)23-18-8-9-21(24-32(2,29)30)20(16-18)22(28)26-12-10-25(11-13-26)14-15-31-19-6-4-3-5-7-19/h3-9,16,24H,10-15H2,1-2H3,(H,23,27). The number of hydrogen-bond acceptors (Lipinski definition) is 6. The number of carbonyl (C=O) groups excluding carboxylic acids is 2. The summed E-state index contributed by atoms with van der Waals surface area (Å²) in [5.41, 5.74) is 0.810. The molecule has 0 bridgehead atoms. The van der Waals surface area contributed by atoms with Gasteiger partial charge in [-0.15, -0.1) is 0 Å². The van der Waals surface area contributed by atoms with Crippen LogP contribution in [-0.4, -0.2) is 75.6 Å². The lowest BCUT2D eigenvalue weighted by Crippen LogP contribution is -2.49. The van der Waals surface area contributed by atoms with Gasteiger partial charge in [0.1, 0.15) is 12.4 Å². The summed E-state index contributed by atoms with van der Waals surface area (Å²) >= 11 is 0. The van der Waals surface area contributed by atoms with Gasteiger partial charge in [0.25, 0.3) is 5.91 Å². The summed E-state index contributed by atoms with van der Waals surface area (Å²) < 4.78 is 31.6. The Morgan fingerprint density at radius 3 is 2.34 bits per heavy atom. The third-order valence-corrected chi connectivity index (χ3v) is 5.54. The van der Waals surface area contributed by atoms with Gasteiger partial charge in [0.05, 0.1) is 17.5 Å². The quantitative estimate of drug-likeness (QED) is 0.623. The van der Waals surface area contributed by atoms with Gasteiger partial charge >= 0.3 is 0 Å². The summed E-state index contributed by atoms with van der Waals surface area (Å²) in [6, 6.07) is 14.1. The average Bonchev–Trinajstić information content (AvgIpc) is 2.74. The highest BCUT2D eigenvalue weighted by Gasteiger charge is 2.25. The number of benzene rings is 2. The van der Waals surface area contributed by atoms with Crippen LogP contribution >= 0.6 is 0 Å². The lowest BCUT2D eigenvalue weighted by atomic mass is 10.1. The Hall–Kier alpha value is -3.11. The van der Waals surface area contributed by atoms with Crippen molar-refractivity contribution in [1.29, 1.82) is 0 Å². The summed E-state index contributed by atoms with van der Waals surface area (Å²) in [6.07, 6.45) is 1.03. The molecule has 0 aromatic heterocycles.